The predicted molar refractivity (Wildman–Crippen MR) is 173 cm³/mol. The summed E-state index contributed by atoms with van der Waals surface area (Å²) < 4.78 is 0. The molecular formula is C33H56N4O8. The van der Waals surface area contributed by atoms with Crippen LogP contribution in [0.5, 0.6) is 0 Å². The Morgan fingerprint density at radius 3 is 1.89 bits per heavy atom. The van der Waals surface area contributed by atoms with Gasteiger partial charge in [-0.1, -0.05) is 44.9 Å². The van der Waals surface area contributed by atoms with Gasteiger partial charge in [0.05, 0.1) is 35.3 Å². The van der Waals surface area contributed by atoms with Gasteiger partial charge in [-0.3, -0.25) is 24.5 Å². The molecule has 0 bridgehead atoms. The number of nitro groups is 1. The third-order valence-electron chi connectivity index (χ3n) is 8.61. The van der Waals surface area contributed by atoms with Crippen LogP contribution in [0.1, 0.15) is 85.1 Å². The Morgan fingerprint density at radius 2 is 1.36 bits per heavy atom. The maximum absolute atomic E-state index is 14.2. The normalized spacial score (nSPS) is 16.9. The number of hydrogen-bond donors (Lipinski definition) is 4. The molecule has 2 amide bonds. The minimum Gasteiger partial charge on any atom is -0.393 e. The summed E-state index contributed by atoms with van der Waals surface area (Å²) in [4.78, 5) is 54.6. The molecule has 3 unspecified atom stereocenters. The van der Waals surface area contributed by atoms with Crippen LogP contribution >= 0.6 is 0 Å². The summed E-state index contributed by atoms with van der Waals surface area (Å²) in [6, 6.07) is 4.02. The zero-order valence-electron chi connectivity index (χ0n) is 28.3. The number of amides is 2. The molecule has 8 atom stereocenters. The van der Waals surface area contributed by atoms with Gasteiger partial charge >= 0.3 is 0 Å². The van der Waals surface area contributed by atoms with E-state index in [0.717, 1.165) is 0 Å². The van der Waals surface area contributed by atoms with Crippen molar-refractivity contribution in [3.05, 3.63) is 39.9 Å². The lowest BCUT2D eigenvalue weighted by Gasteiger charge is -2.39. The number of aliphatic hydroxyl groups excluding tert-OH is 3. The molecule has 0 aliphatic heterocycles. The van der Waals surface area contributed by atoms with E-state index in [1.807, 2.05) is 13.8 Å². The van der Waals surface area contributed by atoms with Crippen molar-refractivity contribution in [3.63, 3.8) is 0 Å². The highest BCUT2D eigenvalue weighted by Gasteiger charge is 2.40. The second kappa shape index (κ2) is 19.6. The standard InChI is InChI=1S/C33H56N4O8/c1-21(14-12-17-27(40)20-26-16-9-10-18-28(26)37(44)45)30(29(41)19-24(4)39)35(7)33(43)31(22(2)13-11-15-23(3)38)36(8)32(42)25(5)34-6/h9-10,16,18,21-25,27,30-31,34,38-40H,11-15,17,19-20H2,1-8H3/t21-,22-,23?,24?,25-,27?,30-,31-/m0/s1. The summed E-state index contributed by atoms with van der Waals surface area (Å²) in [5, 5.41) is 44.7. The number of benzene rings is 1. The number of carbonyl (C=O) groups excluding carboxylic acids is 3. The van der Waals surface area contributed by atoms with E-state index in [-0.39, 0.29) is 48.0 Å². The Bertz CT molecular complexity index is 1100. The third kappa shape index (κ3) is 12.8. The van der Waals surface area contributed by atoms with E-state index in [4.69, 9.17) is 0 Å². The van der Waals surface area contributed by atoms with Gasteiger partial charge in [0.1, 0.15) is 6.04 Å². The van der Waals surface area contributed by atoms with Crippen LogP contribution in [-0.4, -0.2) is 105 Å². The Balaban J connectivity index is 3.18. The number of para-hydroxylation sites is 1. The number of rotatable bonds is 21. The molecule has 0 saturated carbocycles. The number of aliphatic hydroxyl groups is 3. The lowest BCUT2D eigenvalue weighted by atomic mass is 9.87. The van der Waals surface area contributed by atoms with Crippen LogP contribution in [0.3, 0.4) is 0 Å². The van der Waals surface area contributed by atoms with E-state index < -0.39 is 41.4 Å². The molecule has 45 heavy (non-hydrogen) atoms. The molecular weight excluding hydrogens is 580 g/mol. The van der Waals surface area contributed by atoms with Crippen LogP contribution in [0.2, 0.25) is 0 Å². The number of nitrogens with zero attached hydrogens (tertiary/aromatic N) is 3. The summed E-state index contributed by atoms with van der Waals surface area (Å²) in [5.74, 6) is -1.56. The van der Waals surface area contributed by atoms with Crippen molar-refractivity contribution in [2.45, 2.75) is 122 Å². The molecule has 0 heterocycles. The number of ketones is 1. The molecule has 0 radical (unpaired) electrons. The highest BCUT2D eigenvalue weighted by molar-refractivity contribution is 5.93. The SMILES string of the molecule is CN[C@@H](C)C(=O)N(C)[C@H](C(=O)N(C)[C@H](C(=O)CC(C)O)[C@@H](C)CCCC(O)Cc1ccccc1[N+](=O)[O-])[C@@H](C)CCCC(C)O. The first-order chi connectivity index (χ1) is 21.0. The lowest BCUT2D eigenvalue weighted by molar-refractivity contribution is -0.385. The maximum Gasteiger partial charge on any atom is 0.272 e. The van der Waals surface area contributed by atoms with E-state index in [1.54, 1.807) is 53.2 Å². The van der Waals surface area contributed by atoms with Crippen molar-refractivity contribution in [1.29, 1.82) is 0 Å². The largest absolute Gasteiger partial charge is 0.393 e. The smallest absolute Gasteiger partial charge is 0.272 e. The molecule has 0 aliphatic carbocycles. The monoisotopic (exact) mass is 636 g/mol. The number of carbonyl (C=O) groups is 3. The summed E-state index contributed by atoms with van der Waals surface area (Å²) in [6.07, 6.45) is 0.868. The average Bonchev–Trinajstić information content (AvgIpc) is 2.95. The van der Waals surface area contributed by atoms with Crippen LogP contribution in [-0.2, 0) is 20.8 Å². The summed E-state index contributed by atoms with van der Waals surface area (Å²) in [7, 11) is 4.81. The number of nitrogens with one attached hydrogen (secondary N) is 1. The van der Waals surface area contributed by atoms with Crippen molar-refractivity contribution in [2.75, 3.05) is 21.1 Å². The number of likely N-dealkylation sites (N-methyl/N-ethyl adjacent to an activating group) is 3. The lowest BCUT2D eigenvalue weighted by Crippen LogP contribution is -2.58. The third-order valence-corrected chi connectivity index (χ3v) is 8.61. The Labute approximate surface area is 268 Å². The van der Waals surface area contributed by atoms with Gasteiger partial charge in [0.15, 0.2) is 5.78 Å². The van der Waals surface area contributed by atoms with E-state index >= 15 is 0 Å². The first kappa shape index (κ1) is 40.1. The molecule has 1 rings (SSSR count). The minimum absolute atomic E-state index is 0.0453. The summed E-state index contributed by atoms with van der Waals surface area (Å²) >= 11 is 0. The molecule has 0 aromatic heterocycles. The van der Waals surface area contributed by atoms with Gasteiger partial charge < -0.3 is 30.4 Å². The van der Waals surface area contributed by atoms with Crippen LogP contribution < -0.4 is 5.32 Å². The fourth-order valence-electron chi connectivity index (χ4n) is 5.97. The van der Waals surface area contributed by atoms with E-state index in [0.29, 0.717) is 44.1 Å². The molecule has 0 fully saturated rings. The van der Waals surface area contributed by atoms with Crippen molar-refractivity contribution in [1.82, 2.24) is 15.1 Å². The zero-order chi connectivity index (χ0) is 34.4. The van der Waals surface area contributed by atoms with Gasteiger partial charge in [-0.2, -0.15) is 0 Å². The summed E-state index contributed by atoms with van der Waals surface area (Å²) in [6.45, 7) is 8.67. The quantitative estimate of drug-likeness (QED) is 0.117. The van der Waals surface area contributed by atoms with Crippen LogP contribution in [0.25, 0.3) is 0 Å². The second-order valence-corrected chi connectivity index (χ2v) is 12.7. The van der Waals surface area contributed by atoms with Crippen LogP contribution in [0.15, 0.2) is 24.3 Å². The number of Topliss-reactive ketones (excluding diaryl/α,β-unsaturated/α-hetero) is 1. The van der Waals surface area contributed by atoms with Gasteiger partial charge in [-0.05, 0) is 65.3 Å². The molecule has 1 aromatic carbocycles. The highest BCUT2D eigenvalue weighted by atomic mass is 16.6. The molecule has 12 heteroatoms. The fraction of sp³-hybridized carbons (Fsp3) is 0.727. The molecule has 1 aromatic rings. The maximum atomic E-state index is 14.2. The van der Waals surface area contributed by atoms with E-state index in [9.17, 15) is 39.8 Å². The van der Waals surface area contributed by atoms with Gasteiger partial charge in [0.2, 0.25) is 11.8 Å². The minimum atomic E-state index is -0.907. The van der Waals surface area contributed by atoms with Crippen LogP contribution in [0.4, 0.5) is 5.69 Å². The Morgan fingerprint density at radius 1 is 0.822 bits per heavy atom. The van der Waals surface area contributed by atoms with Crippen molar-refractivity contribution in [2.24, 2.45) is 11.8 Å². The highest BCUT2D eigenvalue weighted by Crippen LogP contribution is 2.26. The topological polar surface area (TPSA) is 174 Å². The van der Waals surface area contributed by atoms with Crippen molar-refractivity contribution in [3.8, 4) is 0 Å². The Kier molecular flexibility index (Phi) is 17.4. The molecule has 12 nitrogen and oxygen atoms in total. The van der Waals surface area contributed by atoms with E-state index in [1.165, 1.54) is 22.8 Å². The second-order valence-electron chi connectivity index (χ2n) is 12.7. The van der Waals surface area contributed by atoms with Crippen molar-refractivity contribution >= 4 is 23.3 Å². The van der Waals surface area contributed by atoms with E-state index in [2.05, 4.69) is 5.32 Å². The van der Waals surface area contributed by atoms with Gasteiger partial charge in [-0.15, -0.1) is 0 Å². The Hall–Kier alpha value is -2.93. The summed E-state index contributed by atoms with van der Waals surface area (Å²) in [5.41, 5.74) is 0.397. The molecule has 0 spiro atoms. The van der Waals surface area contributed by atoms with Crippen LogP contribution in [0, 0.1) is 22.0 Å². The van der Waals surface area contributed by atoms with Gasteiger partial charge in [-0.25, -0.2) is 0 Å². The van der Waals surface area contributed by atoms with Gasteiger partial charge in [0, 0.05) is 38.6 Å². The molecule has 0 saturated heterocycles. The number of nitro benzene ring substituents is 1. The number of hydrogen-bond acceptors (Lipinski definition) is 9. The van der Waals surface area contributed by atoms with Gasteiger partial charge in [0.25, 0.3) is 5.69 Å². The predicted octanol–water partition coefficient (Wildman–Crippen LogP) is 3.09. The first-order valence-electron chi connectivity index (χ1n) is 16.0. The zero-order valence-corrected chi connectivity index (χ0v) is 28.3. The van der Waals surface area contributed by atoms with Crippen molar-refractivity contribution < 1.29 is 34.6 Å². The molecule has 0 aliphatic rings. The molecule has 256 valence electrons. The molecule has 4 N–H and O–H groups in total. The average molecular weight is 637 g/mol. The first-order valence-corrected chi connectivity index (χ1v) is 16.0. The fourth-order valence-corrected chi connectivity index (χ4v) is 5.97.